The van der Waals surface area contributed by atoms with Crippen LogP contribution in [0.2, 0.25) is 0 Å². The Hall–Kier alpha value is -1.04. The first-order valence-electron chi connectivity index (χ1n) is 6.83. The molecule has 5 heteroatoms. The Morgan fingerprint density at radius 1 is 1.10 bits per heavy atom. The molecule has 0 aliphatic rings. The molecular weight excluding hydrogens is 264 g/mol. The summed E-state index contributed by atoms with van der Waals surface area (Å²) in [6.07, 6.45) is 0. The lowest BCUT2D eigenvalue weighted by atomic mass is 10.1. The number of hydrogen-bond donors (Lipinski definition) is 1. The van der Waals surface area contributed by atoms with Crippen molar-refractivity contribution in [2.24, 2.45) is 5.92 Å². The summed E-state index contributed by atoms with van der Waals surface area (Å²) < 4.78 is 37.7. The first kappa shape index (κ1) is 17.0. The van der Waals surface area contributed by atoms with Gasteiger partial charge in [0.05, 0.1) is 25.9 Å². The van der Waals surface area contributed by atoms with Crippen molar-refractivity contribution in [3.63, 3.8) is 0 Å². The average Bonchev–Trinajstić information content (AvgIpc) is 2.41. The van der Waals surface area contributed by atoms with E-state index in [4.69, 9.17) is 9.47 Å². The van der Waals surface area contributed by atoms with Gasteiger partial charge in [-0.15, -0.1) is 0 Å². The lowest BCUT2D eigenvalue weighted by Crippen LogP contribution is -2.24. The minimum atomic E-state index is -0.844. The second-order valence-electron chi connectivity index (χ2n) is 5.03. The van der Waals surface area contributed by atoms with E-state index in [-0.39, 0.29) is 18.2 Å². The lowest BCUT2D eigenvalue weighted by Gasteiger charge is -2.18. The second-order valence-corrected chi connectivity index (χ2v) is 5.03. The van der Waals surface area contributed by atoms with Gasteiger partial charge in [0, 0.05) is 12.2 Å². The van der Waals surface area contributed by atoms with Crippen molar-refractivity contribution in [1.29, 1.82) is 0 Å². The molecule has 20 heavy (non-hydrogen) atoms. The molecule has 1 unspecified atom stereocenters. The van der Waals surface area contributed by atoms with Crippen LogP contribution in [0, 0.1) is 17.6 Å². The van der Waals surface area contributed by atoms with Crippen LogP contribution in [0.1, 0.15) is 25.5 Å². The zero-order valence-corrected chi connectivity index (χ0v) is 12.3. The maximum absolute atomic E-state index is 13.7. The highest BCUT2D eigenvalue weighted by atomic mass is 19.2. The summed E-state index contributed by atoms with van der Waals surface area (Å²) in [6.45, 7) is 6.04. The summed E-state index contributed by atoms with van der Waals surface area (Å²) >= 11 is 0. The van der Waals surface area contributed by atoms with E-state index in [0.717, 1.165) is 6.07 Å². The quantitative estimate of drug-likeness (QED) is 0.708. The van der Waals surface area contributed by atoms with Gasteiger partial charge < -0.3 is 14.8 Å². The molecule has 0 fully saturated rings. The summed E-state index contributed by atoms with van der Waals surface area (Å²) in [6, 6.07) is 3.77. The first-order chi connectivity index (χ1) is 9.56. The van der Waals surface area contributed by atoms with Crippen molar-refractivity contribution in [2.75, 3.05) is 33.5 Å². The zero-order chi connectivity index (χ0) is 15.0. The van der Waals surface area contributed by atoms with Gasteiger partial charge in [-0.2, -0.15) is 0 Å². The molecule has 0 saturated heterocycles. The third kappa shape index (κ3) is 5.53. The summed E-state index contributed by atoms with van der Waals surface area (Å²) in [7, 11) is 1.69. The number of likely N-dealkylation sites (N-methyl/N-ethyl adjacent to an activating group) is 1. The fraction of sp³-hybridized carbons (Fsp3) is 0.600. The molecule has 1 aromatic carbocycles. The summed E-state index contributed by atoms with van der Waals surface area (Å²) in [5.41, 5.74) is 0.274. The highest BCUT2D eigenvalue weighted by Gasteiger charge is 2.16. The Morgan fingerprint density at radius 3 is 2.35 bits per heavy atom. The third-order valence-corrected chi connectivity index (χ3v) is 2.81. The van der Waals surface area contributed by atoms with E-state index < -0.39 is 11.6 Å². The van der Waals surface area contributed by atoms with Crippen molar-refractivity contribution >= 4 is 0 Å². The maximum atomic E-state index is 13.7. The Bertz CT molecular complexity index is 399. The van der Waals surface area contributed by atoms with Gasteiger partial charge in [0.15, 0.2) is 11.6 Å². The molecule has 0 bridgehead atoms. The number of halogens is 2. The molecular formula is C15H23F2NO2. The van der Waals surface area contributed by atoms with Crippen LogP contribution in [0.4, 0.5) is 8.78 Å². The molecule has 0 spiro atoms. The van der Waals surface area contributed by atoms with Gasteiger partial charge in [-0.1, -0.05) is 26.0 Å². The van der Waals surface area contributed by atoms with Crippen molar-refractivity contribution in [1.82, 2.24) is 5.32 Å². The fourth-order valence-corrected chi connectivity index (χ4v) is 1.76. The smallest absolute Gasteiger partial charge is 0.163 e. The van der Waals surface area contributed by atoms with E-state index in [1.54, 1.807) is 13.1 Å². The van der Waals surface area contributed by atoms with Crippen LogP contribution in [0.3, 0.4) is 0 Å². The molecule has 114 valence electrons. The van der Waals surface area contributed by atoms with Crippen LogP contribution in [-0.2, 0) is 9.47 Å². The predicted octanol–water partition coefficient (Wildman–Crippen LogP) is 2.91. The largest absolute Gasteiger partial charge is 0.379 e. The van der Waals surface area contributed by atoms with Crippen molar-refractivity contribution < 1.29 is 18.3 Å². The second kappa shape index (κ2) is 9.00. The molecule has 1 N–H and O–H groups in total. The molecule has 0 aliphatic carbocycles. The summed E-state index contributed by atoms with van der Waals surface area (Å²) in [5, 5.41) is 2.92. The molecule has 0 heterocycles. The molecule has 0 amide bonds. The predicted molar refractivity (Wildman–Crippen MR) is 74.6 cm³/mol. The maximum Gasteiger partial charge on any atom is 0.163 e. The lowest BCUT2D eigenvalue weighted by molar-refractivity contribution is 0.0305. The fourth-order valence-electron chi connectivity index (χ4n) is 1.76. The van der Waals surface area contributed by atoms with Crippen molar-refractivity contribution in [2.45, 2.75) is 19.9 Å². The number of hydrogen-bond acceptors (Lipinski definition) is 3. The molecule has 0 aliphatic heterocycles. The number of ether oxygens (including phenoxy) is 2. The van der Waals surface area contributed by atoms with E-state index >= 15 is 0 Å². The number of benzene rings is 1. The Kier molecular flexibility index (Phi) is 7.65. The minimum Gasteiger partial charge on any atom is -0.379 e. The molecule has 0 radical (unpaired) electrons. The van der Waals surface area contributed by atoms with E-state index in [1.165, 1.54) is 6.07 Å². The molecule has 1 rings (SSSR count). The van der Waals surface area contributed by atoms with Gasteiger partial charge in [0.1, 0.15) is 0 Å². The van der Waals surface area contributed by atoms with E-state index in [2.05, 4.69) is 19.2 Å². The third-order valence-electron chi connectivity index (χ3n) is 2.81. The Labute approximate surface area is 119 Å². The molecule has 0 aromatic heterocycles. The van der Waals surface area contributed by atoms with Gasteiger partial charge in [-0.25, -0.2) is 8.78 Å². The monoisotopic (exact) mass is 287 g/mol. The summed E-state index contributed by atoms with van der Waals surface area (Å²) in [4.78, 5) is 0. The van der Waals surface area contributed by atoms with E-state index in [9.17, 15) is 8.78 Å². The van der Waals surface area contributed by atoms with Gasteiger partial charge in [-0.05, 0) is 19.0 Å². The van der Waals surface area contributed by atoms with Crippen LogP contribution in [-0.4, -0.2) is 33.5 Å². The number of nitrogens with one attached hydrogen (secondary N) is 1. The van der Waals surface area contributed by atoms with Crippen LogP contribution in [0.5, 0.6) is 0 Å². The number of rotatable bonds is 9. The molecule has 0 saturated carbocycles. The van der Waals surface area contributed by atoms with E-state index in [1.807, 2.05) is 0 Å². The highest BCUT2D eigenvalue weighted by molar-refractivity contribution is 5.22. The van der Waals surface area contributed by atoms with Gasteiger partial charge >= 0.3 is 0 Å². The van der Waals surface area contributed by atoms with E-state index in [0.29, 0.717) is 25.7 Å². The Balaban J connectivity index is 2.38. The molecule has 1 aromatic rings. The zero-order valence-electron chi connectivity index (χ0n) is 12.3. The van der Waals surface area contributed by atoms with Crippen LogP contribution in [0.25, 0.3) is 0 Å². The van der Waals surface area contributed by atoms with Crippen molar-refractivity contribution in [3.8, 4) is 0 Å². The van der Waals surface area contributed by atoms with Crippen molar-refractivity contribution in [3.05, 3.63) is 35.4 Å². The molecule has 1 atom stereocenters. The van der Waals surface area contributed by atoms with Crippen LogP contribution in [0.15, 0.2) is 18.2 Å². The van der Waals surface area contributed by atoms with Gasteiger partial charge in [0.25, 0.3) is 0 Å². The molecule has 3 nitrogen and oxygen atoms in total. The Morgan fingerprint density at radius 2 is 1.75 bits per heavy atom. The highest BCUT2D eigenvalue weighted by Crippen LogP contribution is 2.19. The average molecular weight is 287 g/mol. The summed E-state index contributed by atoms with van der Waals surface area (Å²) in [5.74, 6) is -1.18. The van der Waals surface area contributed by atoms with Gasteiger partial charge in [0.2, 0.25) is 0 Å². The SMILES string of the molecule is CNC(COCCOCC(C)C)c1cccc(F)c1F. The van der Waals surface area contributed by atoms with Gasteiger partial charge in [-0.3, -0.25) is 0 Å². The van der Waals surface area contributed by atoms with Crippen LogP contribution >= 0.6 is 0 Å². The first-order valence-corrected chi connectivity index (χ1v) is 6.83. The minimum absolute atomic E-state index is 0.266. The standard InChI is InChI=1S/C15H23F2NO2/c1-11(2)9-19-7-8-20-10-14(18-3)12-5-4-6-13(16)15(12)17/h4-6,11,14,18H,7-10H2,1-3H3. The van der Waals surface area contributed by atoms with Crippen LogP contribution < -0.4 is 5.32 Å². The normalized spacial score (nSPS) is 12.9. The topological polar surface area (TPSA) is 30.5 Å².